The largest absolute Gasteiger partial charge is 0.481 e. The number of ether oxygens (including phenoxy) is 1. The van der Waals surface area contributed by atoms with Crippen molar-refractivity contribution in [3.8, 4) is 5.75 Å². The summed E-state index contributed by atoms with van der Waals surface area (Å²) in [4.78, 5) is 23.6. The third-order valence-electron chi connectivity index (χ3n) is 3.38. The molecule has 2 aromatic carbocycles. The monoisotopic (exact) mass is 326 g/mol. The van der Waals surface area contributed by atoms with Crippen molar-refractivity contribution in [3.63, 3.8) is 0 Å². The molecular weight excluding hydrogens is 304 g/mol. The van der Waals surface area contributed by atoms with E-state index in [2.05, 4.69) is 10.6 Å². The quantitative estimate of drug-likeness (QED) is 0.849. The van der Waals surface area contributed by atoms with Crippen molar-refractivity contribution in [1.82, 2.24) is 0 Å². The topological polar surface area (TPSA) is 67.4 Å². The molecule has 0 fully saturated rings. The van der Waals surface area contributed by atoms with Gasteiger partial charge in [0.15, 0.2) is 6.10 Å². The minimum Gasteiger partial charge on any atom is -0.481 e. The van der Waals surface area contributed by atoms with E-state index in [1.807, 2.05) is 38.1 Å². The number of hydrogen-bond donors (Lipinski definition) is 2. The van der Waals surface area contributed by atoms with Crippen LogP contribution in [0.15, 0.2) is 48.5 Å². The number of benzene rings is 2. The van der Waals surface area contributed by atoms with E-state index in [4.69, 9.17) is 4.74 Å². The van der Waals surface area contributed by atoms with Crippen molar-refractivity contribution in [3.05, 3.63) is 54.1 Å². The summed E-state index contributed by atoms with van der Waals surface area (Å²) in [5.41, 5.74) is 2.32. The van der Waals surface area contributed by atoms with Gasteiger partial charge in [0.25, 0.3) is 5.91 Å². The Morgan fingerprint density at radius 1 is 1.04 bits per heavy atom. The first-order valence-corrected chi connectivity index (χ1v) is 7.89. The highest BCUT2D eigenvalue weighted by molar-refractivity contribution is 5.95. The highest BCUT2D eigenvalue weighted by atomic mass is 16.5. The van der Waals surface area contributed by atoms with Crippen LogP contribution in [0.3, 0.4) is 0 Å². The molecule has 0 spiro atoms. The average molecular weight is 326 g/mol. The lowest BCUT2D eigenvalue weighted by atomic mass is 10.2. The van der Waals surface area contributed by atoms with E-state index in [0.717, 1.165) is 5.56 Å². The summed E-state index contributed by atoms with van der Waals surface area (Å²) in [5, 5.41) is 5.51. The van der Waals surface area contributed by atoms with E-state index in [-0.39, 0.29) is 11.8 Å². The van der Waals surface area contributed by atoms with Crippen LogP contribution in [0.4, 0.5) is 11.4 Å². The third-order valence-corrected chi connectivity index (χ3v) is 3.38. The second-order valence-corrected chi connectivity index (χ2v) is 5.58. The van der Waals surface area contributed by atoms with Gasteiger partial charge in [-0.1, -0.05) is 25.1 Å². The van der Waals surface area contributed by atoms with Gasteiger partial charge in [-0.2, -0.15) is 0 Å². The van der Waals surface area contributed by atoms with E-state index in [9.17, 15) is 9.59 Å². The molecule has 0 heterocycles. The summed E-state index contributed by atoms with van der Waals surface area (Å²) in [7, 11) is 0. The molecule has 0 bridgehead atoms. The summed E-state index contributed by atoms with van der Waals surface area (Å²) in [5.74, 6) is 0.288. The molecule has 24 heavy (non-hydrogen) atoms. The Balaban J connectivity index is 2.05. The van der Waals surface area contributed by atoms with Gasteiger partial charge in [0.05, 0.1) is 0 Å². The Bertz CT molecular complexity index is 728. The molecule has 0 aromatic heterocycles. The van der Waals surface area contributed by atoms with Gasteiger partial charge >= 0.3 is 0 Å². The number of rotatable bonds is 6. The molecule has 5 heteroatoms. The number of carbonyl (C=O) groups is 2. The first-order valence-electron chi connectivity index (χ1n) is 7.89. The van der Waals surface area contributed by atoms with E-state index in [0.29, 0.717) is 23.5 Å². The summed E-state index contributed by atoms with van der Waals surface area (Å²) in [6, 6.07) is 14.6. The van der Waals surface area contributed by atoms with Crippen LogP contribution in [0.1, 0.15) is 25.8 Å². The van der Waals surface area contributed by atoms with E-state index < -0.39 is 6.10 Å². The van der Waals surface area contributed by atoms with E-state index in [1.165, 1.54) is 6.92 Å². The molecule has 1 atom stereocenters. The number of nitrogens with one attached hydrogen (secondary N) is 2. The smallest absolute Gasteiger partial charge is 0.265 e. The Hall–Kier alpha value is -2.82. The van der Waals surface area contributed by atoms with Crippen LogP contribution in [0.5, 0.6) is 5.75 Å². The van der Waals surface area contributed by atoms with Gasteiger partial charge in [-0.3, -0.25) is 9.59 Å². The first-order chi connectivity index (χ1) is 11.5. The number of aryl methyl sites for hydroxylation is 1. The molecule has 0 unspecified atom stereocenters. The van der Waals surface area contributed by atoms with Gasteiger partial charge < -0.3 is 15.4 Å². The SMILES string of the molecule is CC[C@H](Oc1cccc(C)c1)C(=O)Nc1cccc(NC(C)=O)c1. The van der Waals surface area contributed by atoms with Gasteiger partial charge in [0.1, 0.15) is 5.75 Å². The predicted molar refractivity (Wildman–Crippen MR) is 95.3 cm³/mol. The lowest BCUT2D eigenvalue weighted by Gasteiger charge is -2.18. The maximum atomic E-state index is 12.4. The number of hydrogen-bond acceptors (Lipinski definition) is 3. The second-order valence-electron chi connectivity index (χ2n) is 5.58. The first kappa shape index (κ1) is 17.5. The van der Waals surface area contributed by atoms with Crippen molar-refractivity contribution >= 4 is 23.2 Å². The Morgan fingerprint density at radius 3 is 2.33 bits per heavy atom. The predicted octanol–water partition coefficient (Wildman–Crippen LogP) is 3.75. The van der Waals surface area contributed by atoms with E-state index >= 15 is 0 Å². The molecule has 0 aliphatic heterocycles. The number of amides is 2. The van der Waals surface area contributed by atoms with Crippen LogP contribution in [-0.2, 0) is 9.59 Å². The van der Waals surface area contributed by atoms with Crippen LogP contribution in [0.25, 0.3) is 0 Å². The van der Waals surface area contributed by atoms with Crippen molar-refractivity contribution in [2.75, 3.05) is 10.6 Å². The molecule has 0 saturated heterocycles. The van der Waals surface area contributed by atoms with Gasteiger partial charge in [-0.15, -0.1) is 0 Å². The Morgan fingerprint density at radius 2 is 1.71 bits per heavy atom. The molecule has 2 rings (SSSR count). The van der Waals surface area contributed by atoms with Gasteiger partial charge in [0.2, 0.25) is 5.91 Å². The molecule has 2 aromatic rings. The zero-order chi connectivity index (χ0) is 17.5. The standard InChI is InChI=1S/C19H22N2O3/c1-4-18(24-17-10-5-7-13(2)11-17)19(23)21-16-9-6-8-15(12-16)20-14(3)22/h5-12,18H,4H2,1-3H3,(H,20,22)(H,21,23)/t18-/m0/s1. The number of carbonyl (C=O) groups excluding carboxylic acids is 2. The lowest BCUT2D eigenvalue weighted by molar-refractivity contribution is -0.122. The van der Waals surface area contributed by atoms with Gasteiger partial charge in [0, 0.05) is 18.3 Å². The van der Waals surface area contributed by atoms with Gasteiger partial charge in [-0.05, 0) is 49.2 Å². The summed E-state index contributed by atoms with van der Waals surface area (Å²) >= 11 is 0. The molecule has 0 radical (unpaired) electrons. The summed E-state index contributed by atoms with van der Waals surface area (Å²) < 4.78 is 5.79. The summed E-state index contributed by atoms with van der Waals surface area (Å²) in [6.07, 6.45) is -0.0400. The molecule has 2 N–H and O–H groups in total. The molecule has 2 amide bonds. The van der Waals surface area contributed by atoms with Crippen molar-refractivity contribution in [2.45, 2.75) is 33.3 Å². The highest BCUT2D eigenvalue weighted by Gasteiger charge is 2.18. The summed E-state index contributed by atoms with van der Waals surface area (Å²) in [6.45, 7) is 5.31. The maximum absolute atomic E-state index is 12.4. The fraction of sp³-hybridized carbons (Fsp3) is 0.263. The normalized spacial score (nSPS) is 11.5. The van der Waals surface area contributed by atoms with Crippen molar-refractivity contribution in [1.29, 1.82) is 0 Å². The minimum absolute atomic E-state index is 0.160. The molecule has 0 aliphatic carbocycles. The number of anilines is 2. The van der Waals surface area contributed by atoms with Crippen LogP contribution >= 0.6 is 0 Å². The molecular formula is C19H22N2O3. The minimum atomic E-state index is -0.587. The molecule has 0 saturated carbocycles. The molecule has 5 nitrogen and oxygen atoms in total. The molecule has 126 valence electrons. The average Bonchev–Trinajstić information content (AvgIpc) is 2.52. The lowest BCUT2D eigenvalue weighted by Crippen LogP contribution is -2.32. The fourth-order valence-electron chi connectivity index (χ4n) is 2.28. The van der Waals surface area contributed by atoms with E-state index in [1.54, 1.807) is 24.3 Å². The third kappa shape index (κ3) is 5.12. The van der Waals surface area contributed by atoms with Crippen LogP contribution in [0.2, 0.25) is 0 Å². The zero-order valence-electron chi connectivity index (χ0n) is 14.1. The van der Waals surface area contributed by atoms with Crippen LogP contribution in [0, 0.1) is 6.92 Å². The van der Waals surface area contributed by atoms with Crippen molar-refractivity contribution < 1.29 is 14.3 Å². The van der Waals surface area contributed by atoms with Gasteiger partial charge in [-0.25, -0.2) is 0 Å². The maximum Gasteiger partial charge on any atom is 0.265 e. The van der Waals surface area contributed by atoms with Crippen LogP contribution < -0.4 is 15.4 Å². The fourth-order valence-corrected chi connectivity index (χ4v) is 2.28. The van der Waals surface area contributed by atoms with Crippen molar-refractivity contribution in [2.24, 2.45) is 0 Å². The Labute approximate surface area is 142 Å². The van der Waals surface area contributed by atoms with Crippen LogP contribution in [-0.4, -0.2) is 17.9 Å². The zero-order valence-corrected chi connectivity index (χ0v) is 14.1. The molecule has 0 aliphatic rings. The highest BCUT2D eigenvalue weighted by Crippen LogP contribution is 2.18. The second kappa shape index (κ2) is 8.15. The Kier molecular flexibility index (Phi) is 5.95.